The van der Waals surface area contributed by atoms with Gasteiger partial charge in [0.2, 0.25) is 0 Å². The molecule has 4 rings (SSSR count). The fraction of sp³-hybridized carbons (Fsp3) is 0.571. The molecular formula is C28H39Br2ClO8S2. The van der Waals surface area contributed by atoms with Gasteiger partial charge in [-0.1, -0.05) is 70.4 Å². The van der Waals surface area contributed by atoms with Gasteiger partial charge in [-0.3, -0.25) is 4.18 Å². The lowest BCUT2D eigenvalue weighted by molar-refractivity contribution is 0.00882. The van der Waals surface area contributed by atoms with E-state index in [0.29, 0.717) is 19.3 Å². The van der Waals surface area contributed by atoms with Gasteiger partial charge in [0, 0.05) is 19.6 Å². The quantitative estimate of drug-likeness (QED) is 0.154. The lowest BCUT2D eigenvalue weighted by Gasteiger charge is -2.21. The van der Waals surface area contributed by atoms with E-state index in [0.717, 1.165) is 21.8 Å². The molecule has 0 aromatic heterocycles. The smallest absolute Gasteiger partial charge is 0.297 e. The van der Waals surface area contributed by atoms with Gasteiger partial charge in [-0.05, 0) is 74.2 Å². The monoisotopic (exact) mass is 760 g/mol. The van der Waals surface area contributed by atoms with Crippen LogP contribution in [0.3, 0.4) is 0 Å². The first-order valence-electron chi connectivity index (χ1n) is 13.7. The van der Waals surface area contributed by atoms with Crippen LogP contribution in [0.5, 0.6) is 0 Å². The molecule has 0 aliphatic heterocycles. The minimum absolute atomic E-state index is 0.0644. The van der Waals surface area contributed by atoms with Gasteiger partial charge in [-0.2, -0.15) is 8.42 Å². The van der Waals surface area contributed by atoms with Crippen molar-refractivity contribution in [1.29, 1.82) is 0 Å². The number of halogens is 3. The Labute approximate surface area is 265 Å². The van der Waals surface area contributed by atoms with Gasteiger partial charge in [0.05, 0.1) is 48.4 Å². The number of aliphatic hydroxyl groups excluding tert-OH is 1. The van der Waals surface area contributed by atoms with Crippen molar-refractivity contribution in [2.24, 2.45) is 0 Å². The molecule has 0 heterocycles. The van der Waals surface area contributed by atoms with Gasteiger partial charge in [-0.25, -0.2) is 8.42 Å². The molecule has 1 N–H and O–H groups in total. The van der Waals surface area contributed by atoms with E-state index in [2.05, 4.69) is 31.9 Å². The minimum atomic E-state index is -3.68. The molecule has 232 valence electrons. The average Bonchev–Trinajstić information content (AvgIpc) is 2.96. The van der Waals surface area contributed by atoms with E-state index in [-0.39, 0.29) is 29.1 Å². The predicted octanol–water partition coefficient (Wildman–Crippen LogP) is 7.21. The molecule has 0 saturated heterocycles. The Hall–Kier alpha value is -0.570. The van der Waals surface area contributed by atoms with Crippen LogP contribution in [0.15, 0.2) is 67.3 Å². The molecule has 0 spiro atoms. The summed E-state index contributed by atoms with van der Waals surface area (Å²) in [5.74, 6) is 0. The van der Waals surface area contributed by atoms with E-state index in [1.165, 1.54) is 75.6 Å². The molecule has 2 aliphatic rings. The third kappa shape index (κ3) is 15.6. The molecule has 0 amide bonds. The number of hydrogen-bond acceptors (Lipinski definition) is 8. The molecule has 0 bridgehead atoms. The van der Waals surface area contributed by atoms with Crippen LogP contribution >= 0.6 is 42.5 Å². The van der Waals surface area contributed by atoms with Crippen molar-refractivity contribution in [3.05, 3.63) is 57.5 Å². The molecule has 2 saturated carbocycles. The first-order chi connectivity index (χ1) is 19.5. The molecule has 41 heavy (non-hydrogen) atoms. The van der Waals surface area contributed by atoms with E-state index >= 15 is 0 Å². The highest BCUT2D eigenvalue weighted by Gasteiger charge is 2.17. The second kappa shape index (κ2) is 19.7. The molecule has 2 aromatic carbocycles. The zero-order chi connectivity index (χ0) is 30.1. The van der Waals surface area contributed by atoms with Crippen LogP contribution in [0.2, 0.25) is 0 Å². The van der Waals surface area contributed by atoms with Crippen molar-refractivity contribution >= 4 is 61.7 Å². The summed E-state index contributed by atoms with van der Waals surface area (Å²) in [6, 6.07) is 12.5. The zero-order valence-corrected chi connectivity index (χ0v) is 28.5. The molecule has 0 atom stereocenters. The minimum Gasteiger partial charge on any atom is -0.394 e. The van der Waals surface area contributed by atoms with E-state index < -0.39 is 19.2 Å². The van der Waals surface area contributed by atoms with E-state index in [1.54, 1.807) is 24.3 Å². The highest BCUT2D eigenvalue weighted by atomic mass is 79.9. The molecule has 0 radical (unpaired) electrons. The summed E-state index contributed by atoms with van der Waals surface area (Å²) in [6.07, 6.45) is 12.9. The van der Waals surface area contributed by atoms with Gasteiger partial charge in [0.25, 0.3) is 19.2 Å². The molecule has 2 aromatic rings. The van der Waals surface area contributed by atoms with Crippen LogP contribution in [0, 0.1) is 0 Å². The normalized spacial score (nSPS) is 16.7. The summed E-state index contributed by atoms with van der Waals surface area (Å²) in [4.78, 5) is 0.278. The average molecular weight is 763 g/mol. The lowest BCUT2D eigenvalue weighted by Crippen LogP contribution is -2.20. The van der Waals surface area contributed by atoms with Gasteiger partial charge < -0.3 is 14.6 Å². The summed E-state index contributed by atoms with van der Waals surface area (Å²) in [7, 11) is -2.18. The second-order valence-corrected chi connectivity index (χ2v) is 15.6. The van der Waals surface area contributed by atoms with Crippen molar-refractivity contribution in [3.8, 4) is 0 Å². The lowest BCUT2D eigenvalue weighted by atomic mass is 9.98. The third-order valence-corrected chi connectivity index (χ3v) is 10.2. The second-order valence-electron chi connectivity index (χ2n) is 9.61. The van der Waals surface area contributed by atoms with E-state index in [1.807, 2.05) is 0 Å². The van der Waals surface area contributed by atoms with Gasteiger partial charge in [-0.15, -0.1) is 0 Å². The topological polar surface area (TPSA) is 116 Å². The number of benzene rings is 2. The third-order valence-electron chi connectivity index (χ3n) is 6.42. The molecule has 13 heteroatoms. The fourth-order valence-corrected chi connectivity index (χ4v) is 6.50. The van der Waals surface area contributed by atoms with Crippen LogP contribution in [0.1, 0.15) is 64.2 Å². The summed E-state index contributed by atoms with van der Waals surface area (Å²) in [5.41, 5.74) is 0. The number of aliphatic hydroxyl groups is 1. The van der Waals surface area contributed by atoms with Crippen LogP contribution in [0.25, 0.3) is 0 Å². The molecule has 2 fully saturated rings. The van der Waals surface area contributed by atoms with Crippen molar-refractivity contribution in [2.75, 3.05) is 26.4 Å². The maximum Gasteiger partial charge on any atom is 0.297 e. The Morgan fingerprint density at radius 2 is 1.07 bits per heavy atom. The van der Waals surface area contributed by atoms with Crippen LogP contribution in [-0.4, -0.2) is 60.6 Å². The highest BCUT2D eigenvalue weighted by Crippen LogP contribution is 2.21. The Bertz CT molecular complexity index is 1200. The Morgan fingerprint density at radius 3 is 1.49 bits per heavy atom. The van der Waals surface area contributed by atoms with Crippen LogP contribution in [-0.2, 0) is 32.8 Å². The fourth-order valence-electron chi connectivity index (χ4n) is 4.31. The van der Waals surface area contributed by atoms with Gasteiger partial charge in [0.1, 0.15) is 0 Å². The molecule has 8 nitrogen and oxygen atoms in total. The summed E-state index contributed by atoms with van der Waals surface area (Å²) < 4.78 is 62.8. The standard InChI is InChI=1S/C14H19BrO4S.C8H16O2.C6H4BrClO2S/c15-12-6-8-14(9-7-12)20(16,17)19-11-10-18-13-4-2-1-3-5-13;9-6-7-10-8-4-2-1-3-5-8;7-5-1-3-6(4-2-5)11(8,9)10/h6-9,13H,1-5,10-11H2;8-9H,1-7H2;1-4H. The van der Waals surface area contributed by atoms with Crippen molar-refractivity contribution in [1.82, 2.24) is 0 Å². The van der Waals surface area contributed by atoms with Crippen molar-refractivity contribution in [2.45, 2.75) is 86.2 Å². The first-order valence-corrected chi connectivity index (χ1v) is 19.0. The van der Waals surface area contributed by atoms with E-state index in [9.17, 15) is 16.8 Å². The number of rotatable bonds is 10. The number of hydrogen-bond donors (Lipinski definition) is 1. The van der Waals surface area contributed by atoms with Crippen molar-refractivity contribution < 1.29 is 35.6 Å². The Morgan fingerprint density at radius 1 is 0.659 bits per heavy atom. The largest absolute Gasteiger partial charge is 0.394 e. The number of ether oxygens (including phenoxy) is 2. The summed E-state index contributed by atoms with van der Waals surface area (Å²) in [6.45, 7) is 1.07. The van der Waals surface area contributed by atoms with Crippen LogP contribution in [0.4, 0.5) is 0 Å². The van der Waals surface area contributed by atoms with Crippen LogP contribution < -0.4 is 0 Å². The molecular weight excluding hydrogens is 724 g/mol. The van der Waals surface area contributed by atoms with Gasteiger partial charge >= 0.3 is 0 Å². The zero-order valence-electron chi connectivity index (χ0n) is 22.9. The maximum absolute atomic E-state index is 11.9. The summed E-state index contributed by atoms with van der Waals surface area (Å²) in [5, 5.41) is 8.47. The Kier molecular flexibility index (Phi) is 17.6. The molecule has 0 unspecified atom stereocenters. The first kappa shape index (κ1) is 36.6. The van der Waals surface area contributed by atoms with E-state index in [4.69, 9.17) is 29.4 Å². The molecule has 2 aliphatic carbocycles. The highest BCUT2D eigenvalue weighted by molar-refractivity contribution is 9.10. The maximum atomic E-state index is 11.9. The Balaban J connectivity index is 0.000000236. The van der Waals surface area contributed by atoms with Gasteiger partial charge in [0.15, 0.2) is 0 Å². The predicted molar refractivity (Wildman–Crippen MR) is 167 cm³/mol. The summed E-state index contributed by atoms with van der Waals surface area (Å²) >= 11 is 6.44. The van der Waals surface area contributed by atoms with Crippen molar-refractivity contribution in [3.63, 3.8) is 0 Å². The SMILES string of the molecule is O=S(=O)(Cl)c1ccc(Br)cc1.O=S(=O)(OCCOC1CCCCC1)c1ccc(Br)cc1.OCCOC1CCCCC1.